The zero-order valence-electron chi connectivity index (χ0n) is 9.75. The number of carboxylic acids is 1. The molecule has 92 valence electrons. The van der Waals surface area contributed by atoms with E-state index in [0.717, 1.165) is 5.69 Å². The summed E-state index contributed by atoms with van der Waals surface area (Å²) >= 11 is 0. The summed E-state index contributed by atoms with van der Waals surface area (Å²) in [4.78, 5) is 15.1. The maximum atomic E-state index is 11.1. The molecule has 5 heteroatoms. The molecule has 0 atom stereocenters. The Bertz CT molecular complexity index is 579. The van der Waals surface area contributed by atoms with Crippen LogP contribution < -0.4 is 10.5 Å². The highest BCUT2D eigenvalue weighted by atomic mass is 16.5. The molecule has 0 aliphatic rings. The molecule has 0 saturated heterocycles. The number of pyridine rings is 1. The summed E-state index contributed by atoms with van der Waals surface area (Å²) in [5.41, 5.74) is 6.81. The molecular formula is C13H12N2O3. The number of nitrogens with zero attached hydrogens (tertiary/aromatic N) is 1. The Morgan fingerprint density at radius 1 is 1.33 bits per heavy atom. The van der Waals surface area contributed by atoms with Gasteiger partial charge in [-0.3, -0.25) is 4.98 Å². The summed E-state index contributed by atoms with van der Waals surface area (Å²) in [5.74, 6) is -0.368. The fourth-order valence-corrected chi connectivity index (χ4v) is 1.45. The Balaban J connectivity index is 2.34. The smallest absolute Gasteiger partial charge is 0.339 e. The van der Waals surface area contributed by atoms with Gasteiger partial charge in [-0.25, -0.2) is 4.79 Å². The van der Waals surface area contributed by atoms with E-state index in [-0.39, 0.29) is 11.3 Å². The number of carbonyl (C=O) groups is 1. The number of benzene rings is 1. The van der Waals surface area contributed by atoms with Crippen molar-refractivity contribution in [3.05, 3.63) is 47.8 Å². The molecule has 5 nitrogen and oxygen atoms in total. The van der Waals surface area contributed by atoms with Crippen LogP contribution in [0, 0.1) is 6.92 Å². The third-order valence-electron chi connectivity index (χ3n) is 2.35. The lowest BCUT2D eigenvalue weighted by Crippen LogP contribution is -2.01. The van der Waals surface area contributed by atoms with E-state index in [4.69, 9.17) is 15.6 Å². The molecule has 0 saturated carbocycles. The molecule has 1 aromatic heterocycles. The minimum Gasteiger partial charge on any atom is -0.478 e. The number of aromatic carboxylic acids is 1. The van der Waals surface area contributed by atoms with Crippen molar-refractivity contribution in [3.63, 3.8) is 0 Å². The Morgan fingerprint density at radius 2 is 2.11 bits per heavy atom. The number of nitrogen functional groups attached to an aromatic ring is 1. The molecule has 0 fully saturated rings. The predicted molar refractivity (Wildman–Crippen MR) is 66.9 cm³/mol. The van der Waals surface area contributed by atoms with Crippen molar-refractivity contribution in [3.8, 4) is 11.5 Å². The second-order valence-electron chi connectivity index (χ2n) is 3.80. The molecule has 0 bridgehead atoms. The highest BCUT2D eigenvalue weighted by molar-refractivity contribution is 5.92. The number of ether oxygens (including phenoxy) is 1. The second kappa shape index (κ2) is 4.75. The van der Waals surface area contributed by atoms with Gasteiger partial charge >= 0.3 is 5.97 Å². The highest BCUT2D eigenvalue weighted by Crippen LogP contribution is 2.26. The lowest BCUT2D eigenvalue weighted by Gasteiger charge is -2.09. The third kappa shape index (κ3) is 2.57. The number of hydrogen-bond acceptors (Lipinski definition) is 4. The summed E-state index contributed by atoms with van der Waals surface area (Å²) in [6, 6.07) is 7.98. The first-order valence-corrected chi connectivity index (χ1v) is 5.29. The molecule has 2 rings (SSSR count). The average Bonchev–Trinajstić information content (AvgIpc) is 2.34. The van der Waals surface area contributed by atoms with Gasteiger partial charge in [0.15, 0.2) is 0 Å². The van der Waals surface area contributed by atoms with Gasteiger partial charge in [0.05, 0.1) is 6.20 Å². The maximum Gasteiger partial charge on any atom is 0.339 e. The van der Waals surface area contributed by atoms with Gasteiger partial charge in [0.2, 0.25) is 0 Å². The average molecular weight is 244 g/mol. The Hall–Kier alpha value is -2.56. The van der Waals surface area contributed by atoms with Crippen molar-refractivity contribution >= 4 is 11.7 Å². The predicted octanol–water partition coefficient (Wildman–Crippen LogP) is 2.46. The first kappa shape index (κ1) is 11.9. The zero-order valence-corrected chi connectivity index (χ0v) is 9.75. The van der Waals surface area contributed by atoms with Crippen LogP contribution in [-0.2, 0) is 0 Å². The SMILES string of the molecule is Cc1ccc(Oc2ccc(N)cc2C(=O)O)cn1. The van der Waals surface area contributed by atoms with E-state index in [1.807, 2.05) is 6.92 Å². The Labute approximate surface area is 104 Å². The van der Waals surface area contributed by atoms with Gasteiger partial charge in [0.1, 0.15) is 17.1 Å². The first-order valence-electron chi connectivity index (χ1n) is 5.29. The van der Waals surface area contributed by atoms with Gasteiger partial charge in [0, 0.05) is 11.4 Å². The Kier molecular flexibility index (Phi) is 3.14. The van der Waals surface area contributed by atoms with E-state index in [1.165, 1.54) is 18.3 Å². The summed E-state index contributed by atoms with van der Waals surface area (Å²) < 4.78 is 5.48. The fraction of sp³-hybridized carbons (Fsp3) is 0.0769. The van der Waals surface area contributed by atoms with Gasteiger partial charge in [0.25, 0.3) is 0 Å². The first-order chi connectivity index (χ1) is 8.56. The Morgan fingerprint density at radius 3 is 2.72 bits per heavy atom. The van der Waals surface area contributed by atoms with E-state index in [1.54, 1.807) is 18.2 Å². The standard InChI is InChI=1S/C13H12N2O3/c1-8-2-4-10(7-15-8)18-12-5-3-9(14)6-11(12)13(16)17/h2-7H,14H2,1H3,(H,16,17). The second-order valence-corrected chi connectivity index (χ2v) is 3.80. The van der Waals surface area contributed by atoms with Gasteiger partial charge in [-0.2, -0.15) is 0 Å². The van der Waals surface area contributed by atoms with E-state index in [9.17, 15) is 4.79 Å². The number of hydrogen-bond donors (Lipinski definition) is 2. The van der Waals surface area contributed by atoms with Crippen LogP contribution in [0.3, 0.4) is 0 Å². The fourth-order valence-electron chi connectivity index (χ4n) is 1.45. The molecule has 0 amide bonds. The molecule has 3 N–H and O–H groups in total. The van der Waals surface area contributed by atoms with Crippen LogP contribution in [0.15, 0.2) is 36.5 Å². The normalized spacial score (nSPS) is 10.1. The molecule has 0 radical (unpaired) electrons. The molecule has 0 aliphatic heterocycles. The van der Waals surface area contributed by atoms with E-state index < -0.39 is 5.97 Å². The summed E-state index contributed by atoms with van der Waals surface area (Å²) in [6.07, 6.45) is 1.54. The number of nitrogens with two attached hydrogens (primary N) is 1. The maximum absolute atomic E-state index is 11.1. The number of rotatable bonds is 3. The van der Waals surface area contributed by atoms with Crippen molar-refractivity contribution in [1.82, 2.24) is 4.98 Å². The number of aromatic nitrogens is 1. The minimum absolute atomic E-state index is 0.0237. The number of anilines is 1. The van der Waals surface area contributed by atoms with Crippen LogP contribution in [0.2, 0.25) is 0 Å². The van der Waals surface area contributed by atoms with Crippen molar-refractivity contribution in [1.29, 1.82) is 0 Å². The van der Waals surface area contributed by atoms with Gasteiger partial charge < -0.3 is 15.6 Å². The van der Waals surface area contributed by atoms with E-state index in [2.05, 4.69) is 4.98 Å². The monoisotopic (exact) mass is 244 g/mol. The lowest BCUT2D eigenvalue weighted by atomic mass is 10.2. The topological polar surface area (TPSA) is 85.4 Å². The number of carboxylic acid groups (broad SMARTS) is 1. The molecular weight excluding hydrogens is 232 g/mol. The summed E-state index contributed by atoms with van der Waals surface area (Å²) in [7, 11) is 0. The van der Waals surface area contributed by atoms with Crippen LogP contribution in [0.25, 0.3) is 0 Å². The van der Waals surface area contributed by atoms with E-state index >= 15 is 0 Å². The molecule has 1 heterocycles. The van der Waals surface area contributed by atoms with Gasteiger partial charge in [-0.15, -0.1) is 0 Å². The summed E-state index contributed by atoms with van der Waals surface area (Å²) in [6.45, 7) is 1.86. The van der Waals surface area contributed by atoms with Crippen LogP contribution in [0.4, 0.5) is 5.69 Å². The molecule has 0 spiro atoms. The van der Waals surface area contributed by atoms with E-state index in [0.29, 0.717) is 11.4 Å². The lowest BCUT2D eigenvalue weighted by molar-refractivity contribution is 0.0694. The van der Waals surface area contributed by atoms with Crippen LogP contribution >= 0.6 is 0 Å². The van der Waals surface area contributed by atoms with Gasteiger partial charge in [-0.05, 0) is 37.3 Å². The molecule has 1 aromatic carbocycles. The quantitative estimate of drug-likeness (QED) is 0.810. The number of aryl methyl sites for hydroxylation is 1. The molecule has 18 heavy (non-hydrogen) atoms. The van der Waals surface area contributed by atoms with Crippen molar-refractivity contribution in [2.24, 2.45) is 0 Å². The molecule has 0 aliphatic carbocycles. The van der Waals surface area contributed by atoms with Crippen LogP contribution in [-0.4, -0.2) is 16.1 Å². The minimum atomic E-state index is -1.09. The molecule has 0 unspecified atom stereocenters. The third-order valence-corrected chi connectivity index (χ3v) is 2.35. The van der Waals surface area contributed by atoms with Crippen LogP contribution in [0.5, 0.6) is 11.5 Å². The highest BCUT2D eigenvalue weighted by Gasteiger charge is 2.12. The van der Waals surface area contributed by atoms with Crippen LogP contribution in [0.1, 0.15) is 16.1 Å². The van der Waals surface area contributed by atoms with Crippen molar-refractivity contribution in [2.45, 2.75) is 6.92 Å². The summed E-state index contributed by atoms with van der Waals surface area (Å²) in [5, 5.41) is 9.06. The largest absolute Gasteiger partial charge is 0.478 e. The van der Waals surface area contributed by atoms with Gasteiger partial charge in [-0.1, -0.05) is 0 Å². The van der Waals surface area contributed by atoms with Crippen molar-refractivity contribution < 1.29 is 14.6 Å². The zero-order chi connectivity index (χ0) is 13.1. The molecule has 2 aromatic rings. The van der Waals surface area contributed by atoms with Crippen molar-refractivity contribution in [2.75, 3.05) is 5.73 Å².